The summed E-state index contributed by atoms with van der Waals surface area (Å²) in [5.41, 5.74) is 7.00. The highest BCUT2D eigenvalue weighted by molar-refractivity contribution is 5.94. The maximum absolute atomic E-state index is 11.9. The number of amides is 2. The molecule has 1 atom stereocenters. The molecule has 0 bridgehead atoms. The van der Waals surface area contributed by atoms with E-state index in [1.807, 2.05) is 13.0 Å². The number of nitrogens with zero attached hydrogens (tertiary/aromatic N) is 1. The highest BCUT2D eigenvalue weighted by atomic mass is 35.5. The fraction of sp³-hybridized carbons (Fsp3) is 0.467. The van der Waals surface area contributed by atoms with Crippen molar-refractivity contribution >= 4 is 29.9 Å². The van der Waals surface area contributed by atoms with Crippen molar-refractivity contribution in [3.8, 4) is 5.75 Å². The van der Waals surface area contributed by atoms with Gasteiger partial charge in [0.15, 0.2) is 6.61 Å². The van der Waals surface area contributed by atoms with Gasteiger partial charge < -0.3 is 20.7 Å². The Morgan fingerprint density at radius 2 is 2.00 bits per heavy atom. The summed E-state index contributed by atoms with van der Waals surface area (Å²) in [6.07, 6.45) is 0. The zero-order chi connectivity index (χ0) is 16.0. The van der Waals surface area contributed by atoms with Crippen LogP contribution in [-0.4, -0.2) is 44.0 Å². The SMILES string of the molecule is Cc1ccc(NC(=O)C(C)CN)c(OCC(=O)N(C)C)c1.Cl. The number of hydrogen-bond acceptors (Lipinski definition) is 4. The molecule has 1 aromatic carbocycles. The summed E-state index contributed by atoms with van der Waals surface area (Å²) >= 11 is 0. The van der Waals surface area contributed by atoms with Crippen molar-refractivity contribution in [1.82, 2.24) is 4.90 Å². The summed E-state index contributed by atoms with van der Waals surface area (Å²) in [5.74, 6) is -0.139. The summed E-state index contributed by atoms with van der Waals surface area (Å²) in [6, 6.07) is 5.40. The van der Waals surface area contributed by atoms with Crippen LogP contribution in [0.25, 0.3) is 0 Å². The molecule has 0 aliphatic heterocycles. The molecule has 0 radical (unpaired) electrons. The number of carbonyl (C=O) groups is 2. The van der Waals surface area contributed by atoms with Gasteiger partial charge in [-0.05, 0) is 24.6 Å². The van der Waals surface area contributed by atoms with Gasteiger partial charge in [-0.2, -0.15) is 0 Å². The molecule has 0 spiro atoms. The van der Waals surface area contributed by atoms with Crippen LogP contribution in [0.1, 0.15) is 12.5 Å². The van der Waals surface area contributed by atoms with Gasteiger partial charge in [-0.1, -0.05) is 13.0 Å². The molecule has 2 amide bonds. The Bertz CT molecular complexity index is 521. The Kier molecular flexibility index (Phi) is 8.52. The molecular weight excluding hydrogens is 306 g/mol. The quantitative estimate of drug-likeness (QED) is 0.826. The summed E-state index contributed by atoms with van der Waals surface area (Å²) < 4.78 is 5.52. The minimum atomic E-state index is -0.289. The molecule has 1 aromatic rings. The number of aryl methyl sites for hydroxylation is 1. The highest BCUT2D eigenvalue weighted by Crippen LogP contribution is 2.26. The molecule has 0 saturated carbocycles. The Morgan fingerprint density at radius 3 is 2.55 bits per heavy atom. The van der Waals surface area contributed by atoms with E-state index < -0.39 is 0 Å². The second-order valence-electron chi connectivity index (χ2n) is 5.20. The highest BCUT2D eigenvalue weighted by Gasteiger charge is 2.14. The third kappa shape index (κ3) is 5.91. The number of carbonyl (C=O) groups excluding carboxylic acids is 2. The molecule has 0 saturated heterocycles. The molecule has 7 heteroatoms. The van der Waals surface area contributed by atoms with E-state index in [9.17, 15) is 9.59 Å². The number of hydrogen-bond donors (Lipinski definition) is 2. The molecule has 1 rings (SSSR count). The smallest absolute Gasteiger partial charge is 0.259 e. The molecule has 22 heavy (non-hydrogen) atoms. The number of rotatable bonds is 6. The third-order valence-electron chi connectivity index (χ3n) is 3.05. The minimum Gasteiger partial charge on any atom is -0.482 e. The number of nitrogens with one attached hydrogen (secondary N) is 1. The Labute approximate surface area is 137 Å². The number of ether oxygens (including phenoxy) is 1. The fourth-order valence-electron chi connectivity index (χ4n) is 1.48. The average Bonchev–Trinajstić information content (AvgIpc) is 2.45. The average molecular weight is 330 g/mol. The fourth-order valence-corrected chi connectivity index (χ4v) is 1.48. The van der Waals surface area contributed by atoms with Crippen molar-refractivity contribution in [3.63, 3.8) is 0 Å². The van der Waals surface area contributed by atoms with Crippen molar-refractivity contribution in [2.75, 3.05) is 32.6 Å². The number of likely N-dealkylation sites (N-methyl/N-ethyl adjacent to an activating group) is 1. The second-order valence-corrected chi connectivity index (χ2v) is 5.20. The van der Waals surface area contributed by atoms with Crippen LogP contribution in [0.5, 0.6) is 5.75 Å². The van der Waals surface area contributed by atoms with Crippen LogP contribution < -0.4 is 15.8 Å². The summed E-state index contributed by atoms with van der Waals surface area (Å²) in [4.78, 5) is 24.9. The molecule has 3 N–H and O–H groups in total. The van der Waals surface area contributed by atoms with Crippen LogP contribution in [0.2, 0.25) is 0 Å². The predicted octanol–water partition coefficient (Wildman–Crippen LogP) is 1.42. The van der Waals surface area contributed by atoms with E-state index in [-0.39, 0.29) is 43.3 Å². The van der Waals surface area contributed by atoms with E-state index in [0.717, 1.165) is 5.56 Å². The van der Waals surface area contributed by atoms with E-state index in [4.69, 9.17) is 10.5 Å². The summed E-state index contributed by atoms with van der Waals surface area (Å²) in [6.45, 7) is 3.85. The van der Waals surface area contributed by atoms with Crippen molar-refractivity contribution in [2.24, 2.45) is 11.7 Å². The van der Waals surface area contributed by atoms with Gasteiger partial charge in [0.2, 0.25) is 5.91 Å². The number of halogens is 1. The van der Waals surface area contributed by atoms with Crippen LogP contribution in [0.4, 0.5) is 5.69 Å². The lowest BCUT2D eigenvalue weighted by molar-refractivity contribution is -0.130. The number of benzene rings is 1. The minimum absolute atomic E-state index is 0. The standard InChI is InChI=1S/C15H23N3O3.ClH/c1-10-5-6-12(17-15(20)11(2)8-16)13(7-10)21-9-14(19)18(3)4;/h5-7,11H,8-9,16H2,1-4H3,(H,17,20);1H. The van der Waals surface area contributed by atoms with E-state index in [2.05, 4.69) is 5.32 Å². The van der Waals surface area contributed by atoms with Crippen LogP contribution in [-0.2, 0) is 9.59 Å². The Hall–Kier alpha value is -1.79. The van der Waals surface area contributed by atoms with Gasteiger partial charge in [0, 0.05) is 26.6 Å². The van der Waals surface area contributed by atoms with Gasteiger partial charge in [-0.15, -0.1) is 12.4 Å². The van der Waals surface area contributed by atoms with Gasteiger partial charge in [-0.3, -0.25) is 9.59 Å². The lowest BCUT2D eigenvalue weighted by Gasteiger charge is -2.16. The molecule has 0 fully saturated rings. The monoisotopic (exact) mass is 329 g/mol. The van der Waals surface area contributed by atoms with Gasteiger partial charge >= 0.3 is 0 Å². The molecule has 1 unspecified atom stereocenters. The van der Waals surface area contributed by atoms with E-state index >= 15 is 0 Å². The number of nitrogens with two attached hydrogens (primary N) is 1. The molecule has 0 heterocycles. The van der Waals surface area contributed by atoms with Gasteiger partial charge in [0.1, 0.15) is 5.75 Å². The molecule has 0 aromatic heterocycles. The molecule has 6 nitrogen and oxygen atoms in total. The summed E-state index contributed by atoms with van der Waals surface area (Å²) in [5, 5.41) is 2.77. The molecule has 0 aliphatic rings. The molecule has 0 aliphatic carbocycles. The summed E-state index contributed by atoms with van der Waals surface area (Å²) in [7, 11) is 3.32. The Morgan fingerprint density at radius 1 is 1.36 bits per heavy atom. The largest absolute Gasteiger partial charge is 0.482 e. The zero-order valence-electron chi connectivity index (χ0n) is 13.4. The lowest BCUT2D eigenvalue weighted by Crippen LogP contribution is -2.28. The lowest BCUT2D eigenvalue weighted by atomic mass is 10.1. The van der Waals surface area contributed by atoms with E-state index in [0.29, 0.717) is 11.4 Å². The Balaban J connectivity index is 0.00000441. The van der Waals surface area contributed by atoms with Crippen molar-refractivity contribution in [3.05, 3.63) is 23.8 Å². The van der Waals surface area contributed by atoms with Crippen molar-refractivity contribution in [2.45, 2.75) is 13.8 Å². The first kappa shape index (κ1) is 20.2. The maximum atomic E-state index is 11.9. The van der Waals surface area contributed by atoms with E-state index in [1.165, 1.54) is 4.90 Å². The van der Waals surface area contributed by atoms with Gasteiger partial charge in [0.05, 0.1) is 5.69 Å². The first-order valence-electron chi connectivity index (χ1n) is 6.79. The topological polar surface area (TPSA) is 84.7 Å². The third-order valence-corrected chi connectivity index (χ3v) is 3.05. The molecule has 124 valence electrons. The van der Waals surface area contributed by atoms with Gasteiger partial charge in [0.25, 0.3) is 5.91 Å². The van der Waals surface area contributed by atoms with Crippen LogP contribution in [0, 0.1) is 12.8 Å². The molecular formula is C15H24ClN3O3. The zero-order valence-corrected chi connectivity index (χ0v) is 14.2. The maximum Gasteiger partial charge on any atom is 0.259 e. The first-order valence-corrected chi connectivity index (χ1v) is 6.79. The second kappa shape index (κ2) is 9.27. The van der Waals surface area contributed by atoms with Crippen LogP contribution in [0.3, 0.4) is 0 Å². The predicted molar refractivity (Wildman–Crippen MR) is 89.5 cm³/mol. The van der Waals surface area contributed by atoms with Crippen LogP contribution in [0.15, 0.2) is 18.2 Å². The number of anilines is 1. The van der Waals surface area contributed by atoms with Crippen molar-refractivity contribution < 1.29 is 14.3 Å². The first-order chi connectivity index (χ1) is 9.85. The van der Waals surface area contributed by atoms with Crippen LogP contribution >= 0.6 is 12.4 Å². The van der Waals surface area contributed by atoms with E-state index in [1.54, 1.807) is 33.2 Å². The normalized spacial score (nSPS) is 11.1. The van der Waals surface area contributed by atoms with Crippen molar-refractivity contribution in [1.29, 1.82) is 0 Å². The van der Waals surface area contributed by atoms with Gasteiger partial charge in [-0.25, -0.2) is 0 Å².